The molecule has 2 aromatic rings. The van der Waals surface area contributed by atoms with Crippen LogP contribution in [0.1, 0.15) is 6.92 Å². The maximum atomic E-state index is 12.3. The second-order valence-corrected chi connectivity index (χ2v) is 6.12. The molecule has 8 heteroatoms. The van der Waals surface area contributed by atoms with Crippen molar-refractivity contribution in [3.63, 3.8) is 0 Å². The lowest BCUT2D eigenvalue weighted by Gasteiger charge is -2.10. The average molecular weight is 321 g/mol. The molecule has 0 heterocycles. The molecule has 116 valence electrons. The van der Waals surface area contributed by atoms with E-state index in [1.54, 1.807) is 37.3 Å². The molecule has 0 aliphatic rings. The number of nitrogens with zero attached hydrogens (tertiary/aromatic N) is 1. The van der Waals surface area contributed by atoms with Crippen molar-refractivity contribution in [1.29, 1.82) is 0 Å². The van der Waals surface area contributed by atoms with Crippen molar-refractivity contribution in [1.82, 2.24) is 0 Å². The predicted molar refractivity (Wildman–Crippen MR) is 84.5 cm³/mol. The van der Waals surface area contributed by atoms with Gasteiger partial charge in [0.05, 0.1) is 9.82 Å². The summed E-state index contributed by atoms with van der Waals surface area (Å²) in [6.07, 6.45) is 0. The molecule has 0 radical (unpaired) electrons. The van der Waals surface area contributed by atoms with Crippen molar-refractivity contribution in [2.75, 3.05) is 16.6 Å². The minimum Gasteiger partial charge on any atom is -0.380 e. The number of nitro benzene ring substituents is 1. The molecular formula is C14H15N3O4S. The molecule has 0 fully saturated rings. The van der Waals surface area contributed by atoms with Crippen LogP contribution in [0.15, 0.2) is 53.4 Å². The second kappa shape index (κ2) is 6.44. The molecule has 0 bridgehead atoms. The zero-order valence-electron chi connectivity index (χ0n) is 11.8. The molecule has 0 amide bonds. The summed E-state index contributed by atoms with van der Waals surface area (Å²) in [6.45, 7) is 2.29. The highest BCUT2D eigenvalue weighted by Crippen LogP contribution is 2.28. The minimum absolute atomic E-state index is 0.162. The van der Waals surface area contributed by atoms with Crippen LogP contribution in [-0.2, 0) is 10.0 Å². The molecule has 0 saturated carbocycles. The Labute approximate surface area is 128 Å². The number of rotatable bonds is 6. The summed E-state index contributed by atoms with van der Waals surface area (Å²) in [5, 5.41) is 13.9. The van der Waals surface area contributed by atoms with Gasteiger partial charge in [0.2, 0.25) is 0 Å². The minimum atomic E-state index is -3.88. The molecule has 2 N–H and O–H groups in total. The van der Waals surface area contributed by atoms with Crippen LogP contribution in [0, 0.1) is 10.1 Å². The molecule has 0 aliphatic heterocycles. The summed E-state index contributed by atoms with van der Waals surface area (Å²) in [6, 6.07) is 12.1. The number of nitrogens with one attached hydrogen (secondary N) is 2. The average Bonchev–Trinajstić information content (AvgIpc) is 2.48. The normalized spacial score (nSPS) is 11.0. The SMILES string of the molecule is CCNc1ccc(S(=O)(=O)Nc2ccccc2)cc1[N+](=O)[O-]. The summed E-state index contributed by atoms with van der Waals surface area (Å²) in [5.74, 6) is 0. The third-order valence-electron chi connectivity index (χ3n) is 2.87. The molecule has 0 atom stereocenters. The molecule has 0 spiro atoms. The first-order chi connectivity index (χ1) is 10.4. The van der Waals surface area contributed by atoms with Crippen molar-refractivity contribution >= 4 is 27.1 Å². The van der Waals surface area contributed by atoms with E-state index in [0.717, 1.165) is 6.07 Å². The fraction of sp³-hybridized carbons (Fsp3) is 0.143. The Morgan fingerprint density at radius 3 is 2.41 bits per heavy atom. The van der Waals surface area contributed by atoms with Crippen LogP contribution in [-0.4, -0.2) is 19.9 Å². The standard InChI is InChI=1S/C14H15N3O4S/c1-2-15-13-9-8-12(10-14(13)17(18)19)22(20,21)16-11-6-4-3-5-7-11/h3-10,15-16H,2H2,1H3. The third kappa shape index (κ3) is 3.53. The first-order valence-electron chi connectivity index (χ1n) is 6.54. The molecular weight excluding hydrogens is 306 g/mol. The molecule has 0 aromatic heterocycles. The fourth-order valence-electron chi connectivity index (χ4n) is 1.89. The van der Waals surface area contributed by atoms with Crippen molar-refractivity contribution in [3.8, 4) is 0 Å². The van der Waals surface area contributed by atoms with E-state index in [2.05, 4.69) is 10.0 Å². The maximum Gasteiger partial charge on any atom is 0.293 e. The molecule has 2 aromatic carbocycles. The van der Waals surface area contributed by atoms with E-state index in [0.29, 0.717) is 12.2 Å². The first kappa shape index (κ1) is 15.8. The lowest BCUT2D eigenvalue weighted by Crippen LogP contribution is -2.13. The Balaban J connectivity index is 2.39. The second-order valence-electron chi connectivity index (χ2n) is 4.44. The van der Waals surface area contributed by atoms with Gasteiger partial charge in [0.25, 0.3) is 15.7 Å². The highest BCUT2D eigenvalue weighted by atomic mass is 32.2. The largest absolute Gasteiger partial charge is 0.380 e. The monoisotopic (exact) mass is 321 g/mol. The third-order valence-corrected chi connectivity index (χ3v) is 4.25. The number of anilines is 2. The van der Waals surface area contributed by atoms with Gasteiger partial charge in [0.1, 0.15) is 5.69 Å². The number of hydrogen-bond acceptors (Lipinski definition) is 5. The van der Waals surface area contributed by atoms with Gasteiger partial charge in [-0.25, -0.2) is 8.42 Å². The number of hydrogen-bond donors (Lipinski definition) is 2. The summed E-state index contributed by atoms with van der Waals surface area (Å²) < 4.78 is 27.0. The van der Waals surface area contributed by atoms with E-state index in [-0.39, 0.29) is 16.3 Å². The summed E-state index contributed by atoms with van der Waals surface area (Å²) in [5.41, 5.74) is 0.393. The summed E-state index contributed by atoms with van der Waals surface area (Å²) in [7, 11) is -3.88. The number of para-hydroxylation sites is 1. The Kier molecular flexibility index (Phi) is 4.62. The topological polar surface area (TPSA) is 101 Å². The molecule has 0 aliphatic carbocycles. The van der Waals surface area contributed by atoms with Gasteiger partial charge in [-0.2, -0.15) is 0 Å². The summed E-state index contributed by atoms with van der Waals surface area (Å²) >= 11 is 0. The smallest absolute Gasteiger partial charge is 0.293 e. The Bertz CT molecular complexity index is 776. The van der Waals surface area contributed by atoms with E-state index in [4.69, 9.17) is 0 Å². The zero-order valence-corrected chi connectivity index (χ0v) is 12.6. The van der Waals surface area contributed by atoms with Gasteiger partial charge in [0, 0.05) is 18.3 Å². The Morgan fingerprint density at radius 2 is 1.82 bits per heavy atom. The van der Waals surface area contributed by atoms with Crippen molar-refractivity contribution < 1.29 is 13.3 Å². The number of nitro groups is 1. The Morgan fingerprint density at radius 1 is 1.14 bits per heavy atom. The highest BCUT2D eigenvalue weighted by molar-refractivity contribution is 7.92. The van der Waals surface area contributed by atoms with E-state index < -0.39 is 14.9 Å². The predicted octanol–water partition coefficient (Wildman–Crippen LogP) is 2.83. The molecule has 0 saturated heterocycles. The lowest BCUT2D eigenvalue weighted by molar-refractivity contribution is -0.384. The van der Waals surface area contributed by atoms with Crippen LogP contribution in [0.4, 0.5) is 17.1 Å². The van der Waals surface area contributed by atoms with Crippen molar-refractivity contribution in [2.24, 2.45) is 0 Å². The van der Waals surface area contributed by atoms with Crippen molar-refractivity contribution in [3.05, 3.63) is 58.6 Å². The van der Waals surface area contributed by atoms with Crippen LogP contribution < -0.4 is 10.0 Å². The summed E-state index contributed by atoms with van der Waals surface area (Å²) in [4.78, 5) is 10.3. The van der Waals surface area contributed by atoms with Crippen LogP contribution >= 0.6 is 0 Å². The van der Waals surface area contributed by atoms with Gasteiger partial charge >= 0.3 is 0 Å². The highest BCUT2D eigenvalue weighted by Gasteiger charge is 2.21. The zero-order chi connectivity index (χ0) is 16.2. The van der Waals surface area contributed by atoms with Gasteiger partial charge in [-0.05, 0) is 31.2 Å². The fourth-order valence-corrected chi connectivity index (χ4v) is 2.97. The molecule has 2 rings (SSSR count). The van der Waals surface area contributed by atoms with Gasteiger partial charge in [-0.3, -0.25) is 14.8 Å². The van der Waals surface area contributed by atoms with Crippen molar-refractivity contribution in [2.45, 2.75) is 11.8 Å². The number of sulfonamides is 1. The number of benzene rings is 2. The van der Waals surface area contributed by atoms with Gasteiger partial charge in [-0.1, -0.05) is 18.2 Å². The Hall–Kier alpha value is -2.61. The first-order valence-corrected chi connectivity index (χ1v) is 8.02. The van der Waals surface area contributed by atoms with Gasteiger partial charge in [0.15, 0.2) is 0 Å². The van der Waals surface area contributed by atoms with Crippen LogP contribution in [0.3, 0.4) is 0 Å². The molecule has 7 nitrogen and oxygen atoms in total. The lowest BCUT2D eigenvalue weighted by atomic mass is 10.2. The van der Waals surface area contributed by atoms with Crippen LogP contribution in [0.25, 0.3) is 0 Å². The quantitative estimate of drug-likeness (QED) is 0.629. The van der Waals surface area contributed by atoms with E-state index in [9.17, 15) is 18.5 Å². The van der Waals surface area contributed by atoms with E-state index >= 15 is 0 Å². The van der Waals surface area contributed by atoms with E-state index in [1.807, 2.05) is 0 Å². The van der Waals surface area contributed by atoms with Gasteiger partial charge < -0.3 is 5.32 Å². The van der Waals surface area contributed by atoms with Crippen LogP contribution in [0.5, 0.6) is 0 Å². The van der Waals surface area contributed by atoms with E-state index in [1.165, 1.54) is 12.1 Å². The molecule has 0 unspecified atom stereocenters. The molecule has 22 heavy (non-hydrogen) atoms. The maximum absolute atomic E-state index is 12.3. The van der Waals surface area contributed by atoms with Crippen LogP contribution in [0.2, 0.25) is 0 Å². The van der Waals surface area contributed by atoms with Gasteiger partial charge in [-0.15, -0.1) is 0 Å².